The number of rotatable bonds is 7. The number of ether oxygens (including phenoxy) is 1. The number of halogens is 1. The Labute approximate surface area is 156 Å². The van der Waals surface area contributed by atoms with Crippen molar-refractivity contribution in [3.05, 3.63) is 0 Å². The number of aliphatic imine (C=N–C) groups is 1. The summed E-state index contributed by atoms with van der Waals surface area (Å²) in [7, 11) is 1.75. The Morgan fingerprint density at radius 2 is 1.83 bits per heavy atom. The highest BCUT2D eigenvalue weighted by Crippen LogP contribution is 2.27. The lowest BCUT2D eigenvalue weighted by Gasteiger charge is -2.15. The third-order valence-electron chi connectivity index (χ3n) is 4.43. The summed E-state index contributed by atoms with van der Waals surface area (Å²) < 4.78 is 5.57. The van der Waals surface area contributed by atoms with Crippen molar-refractivity contribution in [2.75, 3.05) is 33.3 Å². The zero-order chi connectivity index (χ0) is 15.6. The molecule has 1 saturated heterocycles. The largest absolute Gasteiger partial charge is 0.376 e. The summed E-state index contributed by atoms with van der Waals surface area (Å²) >= 11 is 0. The Balaban J connectivity index is 0.00000264. The maximum absolute atomic E-state index is 11.8. The van der Waals surface area contributed by atoms with E-state index in [-0.39, 0.29) is 29.9 Å². The van der Waals surface area contributed by atoms with Gasteiger partial charge < -0.3 is 20.7 Å². The van der Waals surface area contributed by atoms with E-state index in [2.05, 4.69) is 20.9 Å². The van der Waals surface area contributed by atoms with E-state index in [1.54, 1.807) is 7.05 Å². The van der Waals surface area contributed by atoms with E-state index in [4.69, 9.17) is 4.74 Å². The van der Waals surface area contributed by atoms with Gasteiger partial charge in [-0.2, -0.15) is 0 Å². The van der Waals surface area contributed by atoms with Crippen LogP contribution in [0.3, 0.4) is 0 Å². The molecule has 1 saturated carbocycles. The first-order chi connectivity index (χ1) is 10.8. The Morgan fingerprint density at radius 3 is 2.48 bits per heavy atom. The van der Waals surface area contributed by atoms with E-state index >= 15 is 0 Å². The van der Waals surface area contributed by atoms with Gasteiger partial charge in [0.1, 0.15) is 0 Å². The number of nitrogens with one attached hydrogen (secondary N) is 3. The minimum absolute atomic E-state index is 0. The molecule has 6 nitrogen and oxygen atoms in total. The second kappa shape index (κ2) is 11.9. The zero-order valence-electron chi connectivity index (χ0n) is 14.1. The van der Waals surface area contributed by atoms with E-state index < -0.39 is 0 Å². The predicted octanol–water partition coefficient (Wildman–Crippen LogP) is 1.64. The quantitative estimate of drug-likeness (QED) is 0.245. The first kappa shape index (κ1) is 20.5. The maximum atomic E-state index is 11.8. The Hall–Kier alpha value is -0.570. The van der Waals surface area contributed by atoms with Gasteiger partial charge in [-0.25, -0.2) is 0 Å². The van der Waals surface area contributed by atoms with Crippen LogP contribution < -0.4 is 16.0 Å². The number of amides is 1. The molecule has 1 unspecified atom stereocenters. The monoisotopic (exact) mass is 438 g/mol. The Morgan fingerprint density at radius 1 is 1.09 bits per heavy atom. The molecule has 0 aromatic carbocycles. The predicted molar refractivity (Wildman–Crippen MR) is 103 cm³/mol. The molecule has 0 spiro atoms. The lowest BCUT2D eigenvalue weighted by atomic mass is 10.0. The van der Waals surface area contributed by atoms with E-state index in [9.17, 15) is 4.79 Å². The van der Waals surface area contributed by atoms with Crippen LogP contribution in [0, 0.1) is 5.92 Å². The first-order valence-electron chi connectivity index (χ1n) is 8.60. The van der Waals surface area contributed by atoms with Crippen molar-refractivity contribution >= 4 is 35.8 Å². The summed E-state index contributed by atoms with van der Waals surface area (Å²) in [4.78, 5) is 16.0. The van der Waals surface area contributed by atoms with Gasteiger partial charge in [-0.15, -0.1) is 24.0 Å². The molecular weight excluding hydrogens is 407 g/mol. The van der Waals surface area contributed by atoms with Crippen molar-refractivity contribution in [2.45, 2.75) is 51.0 Å². The van der Waals surface area contributed by atoms with E-state index in [1.807, 2.05) is 0 Å². The first-order valence-corrected chi connectivity index (χ1v) is 8.60. The minimum atomic E-state index is 0. The van der Waals surface area contributed by atoms with Crippen LogP contribution in [0.2, 0.25) is 0 Å². The van der Waals surface area contributed by atoms with Crippen LogP contribution in [-0.2, 0) is 9.53 Å². The van der Waals surface area contributed by atoms with Crippen molar-refractivity contribution in [1.29, 1.82) is 0 Å². The lowest BCUT2D eigenvalue weighted by Crippen LogP contribution is -2.43. The number of nitrogens with zero attached hydrogens (tertiary/aromatic N) is 1. The highest BCUT2D eigenvalue weighted by Gasteiger charge is 2.18. The van der Waals surface area contributed by atoms with Crippen LogP contribution in [0.25, 0.3) is 0 Å². The summed E-state index contributed by atoms with van der Waals surface area (Å²) in [5.41, 5.74) is 0. The van der Waals surface area contributed by atoms with Gasteiger partial charge in [0, 0.05) is 39.7 Å². The van der Waals surface area contributed by atoms with Crippen molar-refractivity contribution in [3.63, 3.8) is 0 Å². The molecule has 0 radical (unpaired) electrons. The standard InChI is InChI=1S/C16H30N4O2.HI/c1-17-16(20-12-14-7-4-10-22-14)19-9-8-18-15(21)11-13-5-2-3-6-13;/h13-14H,2-12H2,1H3,(H,18,21)(H2,17,19,20);1H. The van der Waals surface area contributed by atoms with Gasteiger partial charge in [-0.1, -0.05) is 12.8 Å². The number of hydrogen-bond donors (Lipinski definition) is 3. The Bertz CT molecular complexity index is 367. The molecule has 2 rings (SSSR count). The number of guanidine groups is 1. The summed E-state index contributed by atoms with van der Waals surface area (Å²) in [6.07, 6.45) is 8.23. The summed E-state index contributed by atoms with van der Waals surface area (Å²) in [6.45, 7) is 2.97. The van der Waals surface area contributed by atoms with Crippen LogP contribution in [-0.4, -0.2) is 51.3 Å². The molecule has 3 N–H and O–H groups in total. The lowest BCUT2D eigenvalue weighted by molar-refractivity contribution is -0.121. The molecule has 0 bridgehead atoms. The third-order valence-corrected chi connectivity index (χ3v) is 4.43. The van der Waals surface area contributed by atoms with Gasteiger partial charge in [0.15, 0.2) is 5.96 Å². The average Bonchev–Trinajstić information content (AvgIpc) is 3.20. The molecule has 1 heterocycles. The normalized spacial score (nSPS) is 21.8. The van der Waals surface area contributed by atoms with Crippen molar-refractivity contribution in [2.24, 2.45) is 10.9 Å². The number of hydrogen-bond acceptors (Lipinski definition) is 3. The smallest absolute Gasteiger partial charge is 0.220 e. The van der Waals surface area contributed by atoms with Crippen LogP contribution in [0.5, 0.6) is 0 Å². The second-order valence-electron chi connectivity index (χ2n) is 6.22. The molecular formula is C16H31IN4O2. The molecule has 1 atom stereocenters. The fourth-order valence-corrected chi connectivity index (χ4v) is 3.17. The topological polar surface area (TPSA) is 74.8 Å². The minimum Gasteiger partial charge on any atom is -0.376 e. The number of carbonyl (C=O) groups is 1. The summed E-state index contributed by atoms with van der Waals surface area (Å²) in [5.74, 6) is 1.55. The van der Waals surface area contributed by atoms with Gasteiger partial charge in [-0.05, 0) is 31.6 Å². The van der Waals surface area contributed by atoms with Crippen LogP contribution in [0.4, 0.5) is 0 Å². The molecule has 2 aliphatic rings. The zero-order valence-corrected chi connectivity index (χ0v) is 16.4. The summed E-state index contributed by atoms with van der Waals surface area (Å²) in [6, 6.07) is 0. The maximum Gasteiger partial charge on any atom is 0.220 e. The van der Waals surface area contributed by atoms with Crippen molar-refractivity contribution in [1.82, 2.24) is 16.0 Å². The van der Waals surface area contributed by atoms with Gasteiger partial charge in [0.2, 0.25) is 5.91 Å². The number of carbonyl (C=O) groups excluding carboxylic acids is 1. The van der Waals surface area contributed by atoms with E-state index in [1.165, 1.54) is 25.7 Å². The molecule has 23 heavy (non-hydrogen) atoms. The van der Waals surface area contributed by atoms with Gasteiger partial charge >= 0.3 is 0 Å². The van der Waals surface area contributed by atoms with E-state index in [0.29, 0.717) is 31.5 Å². The fraction of sp³-hybridized carbons (Fsp3) is 0.875. The molecule has 7 heteroatoms. The molecule has 1 aliphatic heterocycles. The van der Waals surface area contributed by atoms with E-state index in [0.717, 1.165) is 32.0 Å². The molecule has 0 aromatic heterocycles. The van der Waals surface area contributed by atoms with Crippen LogP contribution >= 0.6 is 24.0 Å². The van der Waals surface area contributed by atoms with Crippen molar-refractivity contribution < 1.29 is 9.53 Å². The Kier molecular flexibility index (Phi) is 10.6. The average molecular weight is 438 g/mol. The molecule has 2 fully saturated rings. The SMILES string of the molecule is CN=C(NCCNC(=O)CC1CCCC1)NCC1CCCO1.I. The molecule has 1 amide bonds. The van der Waals surface area contributed by atoms with Crippen molar-refractivity contribution in [3.8, 4) is 0 Å². The highest BCUT2D eigenvalue weighted by atomic mass is 127. The van der Waals surface area contributed by atoms with Crippen LogP contribution in [0.1, 0.15) is 44.9 Å². The molecule has 0 aromatic rings. The van der Waals surface area contributed by atoms with Gasteiger partial charge in [0.05, 0.1) is 6.10 Å². The van der Waals surface area contributed by atoms with Gasteiger partial charge in [-0.3, -0.25) is 9.79 Å². The van der Waals surface area contributed by atoms with Gasteiger partial charge in [0.25, 0.3) is 0 Å². The fourth-order valence-electron chi connectivity index (χ4n) is 3.17. The molecule has 1 aliphatic carbocycles. The second-order valence-corrected chi connectivity index (χ2v) is 6.22. The van der Waals surface area contributed by atoms with Crippen LogP contribution in [0.15, 0.2) is 4.99 Å². The molecule has 134 valence electrons. The highest BCUT2D eigenvalue weighted by molar-refractivity contribution is 14.0. The summed E-state index contributed by atoms with van der Waals surface area (Å²) in [5, 5.41) is 9.45. The third kappa shape index (κ3) is 8.19.